The Morgan fingerprint density at radius 1 is 1.08 bits per heavy atom. The number of carbonyl (C=O) groups excluding carboxylic acids is 1. The van der Waals surface area contributed by atoms with Crippen molar-refractivity contribution in [3.8, 4) is 5.69 Å². The topological polar surface area (TPSA) is 138 Å². The van der Waals surface area contributed by atoms with Gasteiger partial charge in [0, 0.05) is 17.5 Å². The van der Waals surface area contributed by atoms with Crippen LogP contribution in [0, 0.1) is 5.82 Å². The molecule has 194 valence electrons. The number of hydrogen-bond donors (Lipinski definition) is 4. The van der Waals surface area contributed by atoms with Gasteiger partial charge in [0.1, 0.15) is 5.82 Å². The van der Waals surface area contributed by atoms with E-state index in [2.05, 4.69) is 15.4 Å². The van der Waals surface area contributed by atoms with Gasteiger partial charge in [-0.25, -0.2) is 9.07 Å². The summed E-state index contributed by atoms with van der Waals surface area (Å²) >= 11 is 0. The summed E-state index contributed by atoms with van der Waals surface area (Å²) < 4.78 is 15.1. The predicted molar refractivity (Wildman–Crippen MR) is 137 cm³/mol. The molecule has 0 aliphatic rings. The molecule has 0 unspecified atom stereocenters. The number of amides is 1. The van der Waals surface area contributed by atoms with E-state index in [4.69, 9.17) is 5.11 Å². The number of rotatable bonds is 12. The molecule has 9 nitrogen and oxygen atoms in total. The van der Waals surface area contributed by atoms with Crippen LogP contribution in [0.25, 0.3) is 5.69 Å². The van der Waals surface area contributed by atoms with E-state index in [0.717, 1.165) is 0 Å². The summed E-state index contributed by atoms with van der Waals surface area (Å²) in [6.07, 6.45) is -0.533. The second-order valence-corrected chi connectivity index (χ2v) is 8.94. The van der Waals surface area contributed by atoms with Gasteiger partial charge in [-0.2, -0.15) is 5.10 Å². The molecule has 2 aromatic heterocycles. The molecule has 0 saturated heterocycles. The monoisotopic (exact) mass is 522 g/mol. The second kappa shape index (κ2) is 14.3. The molecule has 0 fully saturated rings. The zero-order valence-electron chi connectivity index (χ0n) is 20.3. The van der Waals surface area contributed by atoms with Crippen LogP contribution in [0.5, 0.6) is 0 Å². The quantitative estimate of drug-likeness (QED) is 0.268. The van der Waals surface area contributed by atoms with Gasteiger partial charge in [0.05, 0.1) is 36.6 Å². The fraction of sp³-hybridized carbons (Fsp3) is 0.385. The molecule has 0 spiro atoms. The number of nitrogens with one attached hydrogen (secondary N) is 1. The fourth-order valence-electron chi connectivity index (χ4n) is 4.05. The van der Waals surface area contributed by atoms with Gasteiger partial charge in [0.25, 0.3) is 5.91 Å². The molecule has 1 amide bonds. The van der Waals surface area contributed by atoms with Crippen molar-refractivity contribution in [3.05, 3.63) is 77.1 Å². The number of hydrogen-bond acceptors (Lipinski definition) is 6. The van der Waals surface area contributed by atoms with Gasteiger partial charge in [0.15, 0.2) is 5.69 Å². The third-order valence-corrected chi connectivity index (χ3v) is 5.71. The molecule has 0 saturated carbocycles. The molecule has 2 heterocycles. The van der Waals surface area contributed by atoms with E-state index in [1.807, 2.05) is 19.9 Å². The average Bonchev–Trinajstić information content (AvgIpc) is 3.21. The number of pyridine rings is 1. The molecule has 0 radical (unpaired) electrons. The van der Waals surface area contributed by atoms with Crippen molar-refractivity contribution in [1.82, 2.24) is 20.1 Å². The van der Waals surface area contributed by atoms with E-state index in [1.165, 1.54) is 12.1 Å². The first-order chi connectivity index (χ1) is 17.2. The summed E-state index contributed by atoms with van der Waals surface area (Å²) in [5, 5.41) is 36.5. The van der Waals surface area contributed by atoms with Crippen LogP contribution in [0.4, 0.5) is 4.39 Å². The number of nitrogens with zero attached hydrogens (tertiary/aromatic N) is 3. The Morgan fingerprint density at radius 2 is 1.78 bits per heavy atom. The third kappa shape index (κ3) is 8.72. The Morgan fingerprint density at radius 3 is 2.38 bits per heavy atom. The van der Waals surface area contributed by atoms with E-state index >= 15 is 0 Å². The number of carboxylic acid groups (broad SMARTS) is 1. The molecular formula is C26H32FN4NaO5. The number of benzene rings is 1. The Balaban J connectivity index is 0.00000481. The van der Waals surface area contributed by atoms with E-state index in [-0.39, 0.29) is 66.5 Å². The number of carbonyl (C=O) groups is 2. The molecule has 0 aliphatic carbocycles. The van der Waals surface area contributed by atoms with Gasteiger partial charge in [-0.05, 0) is 61.6 Å². The van der Waals surface area contributed by atoms with Gasteiger partial charge >= 0.3 is 35.5 Å². The molecule has 4 N–H and O–H groups in total. The zero-order valence-corrected chi connectivity index (χ0v) is 20.3. The van der Waals surface area contributed by atoms with E-state index in [1.54, 1.807) is 35.1 Å². The number of halogens is 1. The van der Waals surface area contributed by atoms with Crippen LogP contribution in [-0.2, 0) is 17.8 Å². The molecule has 11 heteroatoms. The first-order valence-corrected chi connectivity index (χ1v) is 11.8. The van der Waals surface area contributed by atoms with Crippen molar-refractivity contribution in [1.29, 1.82) is 0 Å². The van der Waals surface area contributed by atoms with Crippen molar-refractivity contribution < 1.29 is 29.3 Å². The van der Waals surface area contributed by atoms with Crippen LogP contribution in [0.2, 0.25) is 0 Å². The third-order valence-electron chi connectivity index (χ3n) is 5.71. The minimum absolute atomic E-state index is 0. The molecule has 37 heavy (non-hydrogen) atoms. The standard InChI is InChI=1S/C26H31FN4O5.Na.H/c1-16(2)24-22(11-10-20(32)13-21(33)14-23(34)35)31(19-8-6-17(27)7-9-19)30-25(24)26(36)29-15-18-5-3-4-12-28-18;;/h3-9,12,16,20-21,32-33H,10-11,13-15H2,1-2H3,(H,29,36)(H,34,35);;/t20-,21-;;/m1../s1. The van der Waals surface area contributed by atoms with Crippen LogP contribution >= 0.6 is 0 Å². The molecule has 3 aromatic rings. The number of aromatic nitrogens is 3. The van der Waals surface area contributed by atoms with Gasteiger partial charge in [-0.15, -0.1) is 0 Å². The number of carboxylic acids is 1. The maximum absolute atomic E-state index is 13.6. The van der Waals surface area contributed by atoms with Crippen LogP contribution in [0.3, 0.4) is 0 Å². The van der Waals surface area contributed by atoms with Crippen molar-refractivity contribution >= 4 is 41.4 Å². The Labute approximate surface area is 237 Å². The Bertz CT molecular complexity index is 1170. The van der Waals surface area contributed by atoms with Gasteiger partial charge < -0.3 is 20.6 Å². The van der Waals surface area contributed by atoms with E-state index < -0.39 is 30.4 Å². The van der Waals surface area contributed by atoms with Crippen molar-refractivity contribution in [2.45, 2.75) is 64.2 Å². The first-order valence-electron chi connectivity index (χ1n) is 11.8. The fourth-order valence-corrected chi connectivity index (χ4v) is 4.05. The molecular weight excluding hydrogens is 490 g/mol. The number of aliphatic hydroxyl groups excluding tert-OH is 2. The molecule has 0 bridgehead atoms. The summed E-state index contributed by atoms with van der Waals surface area (Å²) in [4.78, 5) is 28.2. The van der Waals surface area contributed by atoms with Crippen LogP contribution in [-0.4, -0.2) is 83.7 Å². The second-order valence-electron chi connectivity index (χ2n) is 8.94. The van der Waals surface area contributed by atoms with Gasteiger partial charge in [-0.3, -0.25) is 14.6 Å². The van der Waals surface area contributed by atoms with E-state index in [0.29, 0.717) is 29.1 Å². The van der Waals surface area contributed by atoms with Crippen molar-refractivity contribution in [2.24, 2.45) is 0 Å². The van der Waals surface area contributed by atoms with E-state index in [9.17, 15) is 24.2 Å². The minimum atomic E-state index is -1.17. The first kappa shape index (κ1) is 30.6. The average molecular weight is 523 g/mol. The van der Waals surface area contributed by atoms with Crippen LogP contribution in [0.1, 0.15) is 66.5 Å². The maximum atomic E-state index is 13.6. The van der Waals surface area contributed by atoms with Crippen LogP contribution < -0.4 is 5.32 Å². The number of aliphatic carboxylic acids is 1. The molecule has 3 rings (SSSR count). The Kier molecular flexibility index (Phi) is 11.9. The summed E-state index contributed by atoms with van der Waals surface area (Å²) in [6, 6.07) is 11.1. The van der Waals surface area contributed by atoms with Gasteiger partial charge in [-0.1, -0.05) is 19.9 Å². The number of aliphatic hydroxyl groups is 2. The SMILES string of the molecule is CC(C)c1c(C(=O)NCc2ccccn2)nn(-c2ccc(F)cc2)c1CC[C@@H](O)C[C@@H](O)CC(=O)O.[NaH]. The van der Waals surface area contributed by atoms with Gasteiger partial charge in [0.2, 0.25) is 0 Å². The molecule has 2 atom stereocenters. The summed E-state index contributed by atoms with van der Waals surface area (Å²) in [7, 11) is 0. The summed E-state index contributed by atoms with van der Waals surface area (Å²) in [5.74, 6) is -2.04. The summed E-state index contributed by atoms with van der Waals surface area (Å²) in [6.45, 7) is 4.08. The zero-order chi connectivity index (χ0) is 26.2. The predicted octanol–water partition coefficient (Wildman–Crippen LogP) is 2.33. The van der Waals surface area contributed by atoms with Crippen molar-refractivity contribution in [2.75, 3.05) is 0 Å². The molecule has 1 aromatic carbocycles. The normalized spacial score (nSPS) is 12.6. The van der Waals surface area contributed by atoms with Crippen molar-refractivity contribution in [3.63, 3.8) is 0 Å². The Hall–Kier alpha value is -2.63. The summed E-state index contributed by atoms with van der Waals surface area (Å²) in [5.41, 5.74) is 2.83. The van der Waals surface area contributed by atoms with Crippen LogP contribution in [0.15, 0.2) is 48.7 Å². The molecule has 0 aliphatic heterocycles.